The van der Waals surface area contributed by atoms with Crippen LogP contribution in [-0.4, -0.2) is 41.2 Å². The molecule has 0 saturated carbocycles. The molecule has 0 aliphatic rings. The molecule has 0 spiro atoms. The standard InChI is InChI=1S/C9H17N5O/c1-3-4-7-12-8(14-13-7)9(15)11-6-5-10-2/h10H,3-6H2,1-2H3,(H,11,15)(H,12,13,14). The van der Waals surface area contributed by atoms with Gasteiger partial charge in [-0.2, -0.15) is 0 Å². The lowest BCUT2D eigenvalue weighted by Gasteiger charge is -2.00. The third kappa shape index (κ3) is 3.67. The fourth-order valence-electron chi connectivity index (χ4n) is 1.13. The smallest absolute Gasteiger partial charge is 0.291 e. The van der Waals surface area contributed by atoms with Gasteiger partial charge in [0.25, 0.3) is 5.91 Å². The van der Waals surface area contributed by atoms with Crippen LogP contribution in [0.3, 0.4) is 0 Å². The van der Waals surface area contributed by atoms with Gasteiger partial charge in [-0.25, -0.2) is 4.98 Å². The number of rotatable bonds is 6. The predicted molar refractivity (Wildman–Crippen MR) is 56.6 cm³/mol. The fraction of sp³-hybridized carbons (Fsp3) is 0.667. The quantitative estimate of drug-likeness (QED) is 0.564. The number of hydrogen-bond acceptors (Lipinski definition) is 4. The predicted octanol–water partition coefficient (Wildman–Crippen LogP) is -0.294. The van der Waals surface area contributed by atoms with Gasteiger partial charge in [0.05, 0.1) is 0 Å². The SMILES string of the molecule is CCCc1nc(C(=O)NCCNC)n[nH]1. The van der Waals surface area contributed by atoms with Gasteiger partial charge in [-0.05, 0) is 13.5 Å². The molecule has 1 heterocycles. The highest BCUT2D eigenvalue weighted by Gasteiger charge is 2.10. The van der Waals surface area contributed by atoms with Crippen molar-refractivity contribution in [3.8, 4) is 0 Å². The van der Waals surface area contributed by atoms with Crippen molar-refractivity contribution in [2.45, 2.75) is 19.8 Å². The Labute approximate surface area is 88.9 Å². The van der Waals surface area contributed by atoms with E-state index in [1.165, 1.54) is 0 Å². The second-order valence-electron chi connectivity index (χ2n) is 3.22. The van der Waals surface area contributed by atoms with Crippen LogP contribution in [0.25, 0.3) is 0 Å². The first-order valence-electron chi connectivity index (χ1n) is 5.12. The average Bonchev–Trinajstić information content (AvgIpc) is 2.67. The summed E-state index contributed by atoms with van der Waals surface area (Å²) in [6.07, 6.45) is 1.80. The summed E-state index contributed by atoms with van der Waals surface area (Å²) in [4.78, 5) is 15.5. The Bertz CT molecular complexity index is 309. The number of carbonyl (C=O) groups excluding carboxylic acids is 1. The van der Waals surface area contributed by atoms with Crippen LogP contribution in [0.15, 0.2) is 0 Å². The minimum absolute atomic E-state index is 0.217. The fourth-order valence-corrected chi connectivity index (χ4v) is 1.13. The Hall–Kier alpha value is -1.43. The molecule has 0 aromatic carbocycles. The molecule has 0 atom stereocenters. The molecule has 0 bridgehead atoms. The molecule has 0 radical (unpaired) electrons. The van der Waals surface area contributed by atoms with Gasteiger partial charge in [0.2, 0.25) is 5.82 Å². The molecule has 6 heteroatoms. The largest absolute Gasteiger partial charge is 0.348 e. The van der Waals surface area contributed by atoms with E-state index < -0.39 is 0 Å². The molecule has 84 valence electrons. The van der Waals surface area contributed by atoms with Crippen LogP contribution >= 0.6 is 0 Å². The van der Waals surface area contributed by atoms with E-state index >= 15 is 0 Å². The van der Waals surface area contributed by atoms with E-state index in [1.807, 2.05) is 7.05 Å². The zero-order valence-corrected chi connectivity index (χ0v) is 9.13. The third-order valence-corrected chi connectivity index (χ3v) is 1.88. The van der Waals surface area contributed by atoms with Gasteiger partial charge >= 0.3 is 0 Å². The molecule has 1 aromatic heterocycles. The molecule has 0 fully saturated rings. The Morgan fingerprint density at radius 3 is 2.93 bits per heavy atom. The van der Waals surface area contributed by atoms with Crippen LogP contribution in [0.5, 0.6) is 0 Å². The number of hydrogen-bond donors (Lipinski definition) is 3. The molecule has 15 heavy (non-hydrogen) atoms. The van der Waals surface area contributed by atoms with Crippen LogP contribution in [0.1, 0.15) is 29.8 Å². The highest BCUT2D eigenvalue weighted by molar-refractivity contribution is 5.90. The molecular weight excluding hydrogens is 194 g/mol. The lowest BCUT2D eigenvalue weighted by Crippen LogP contribution is -2.31. The van der Waals surface area contributed by atoms with Crippen LogP contribution in [0.4, 0.5) is 0 Å². The molecule has 0 unspecified atom stereocenters. The van der Waals surface area contributed by atoms with E-state index in [2.05, 4.69) is 32.7 Å². The summed E-state index contributed by atoms with van der Waals surface area (Å²) in [6.45, 7) is 3.36. The van der Waals surface area contributed by atoms with Crippen molar-refractivity contribution < 1.29 is 4.79 Å². The molecule has 0 saturated heterocycles. The average molecular weight is 211 g/mol. The first-order valence-corrected chi connectivity index (χ1v) is 5.12. The minimum atomic E-state index is -0.233. The molecule has 0 aliphatic carbocycles. The molecule has 6 nitrogen and oxygen atoms in total. The monoisotopic (exact) mass is 211 g/mol. The number of aromatic nitrogens is 3. The van der Waals surface area contributed by atoms with Crippen LogP contribution in [-0.2, 0) is 6.42 Å². The highest BCUT2D eigenvalue weighted by atomic mass is 16.2. The molecule has 0 aliphatic heterocycles. The van der Waals surface area contributed by atoms with E-state index in [-0.39, 0.29) is 11.7 Å². The lowest BCUT2D eigenvalue weighted by atomic mass is 10.3. The van der Waals surface area contributed by atoms with Crippen molar-refractivity contribution in [1.82, 2.24) is 25.8 Å². The first kappa shape index (κ1) is 11.6. The van der Waals surface area contributed by atoms with Crippen LogP contribution in [0, 0.1) is 0 Å². The van der Waals surface area contributed by atoms with Gasteiger partial charge < -0.3 is 10.6 Å². The van der Waals surface area contributed by atoms with Crippen molar-refractivity contribution >= 4 is 5.91 Å². The Morgan fingerprint density at radius 2 is 2.27 bits per heavy atom. The van der Waals surface area contributed by atoms with Crippen molar-refractivity contribution in [1.29, 1.82) is 0 Å². The summed E-state index contributed by atoms with van der Waals surface area (Å²) >= 11 is 0. The molecule has 1 aromatic rings. The molecule has 3 N–H and O–H groups in total. The van der Waals surface area contributed by atoms with Crippen molar-refractivity contribution in [3.63, 3.8) is 0 Å². The van der Waals surface area contributed by atoms with Gasteiger partial charge in [-0.15, -0.1) is 5.10 Å². The second-order valence-corrected chi connectivity index (χ2v) is 3.22. The maximum atomic E-state index is 11.5. The number of aromatic amines is 1. The highest BCUT2D eigenvalue weighted by Crippen LogP contribution is 1.96. The maximum absolute atomic E-state index is 11.5. The first-order chi connectivity index (χ1) is 7.27. The van der Waals surface area contributed by atoms with Gasteiger partial charge in [0.1, 0.15) is 5.82 Å². The van der Waals surface area contributed by atoms with Crippen LogP contribution in [0.2, 0.25) is 0 Å². The zero-order chi connectivity index (χ0) is 11.1. The number of amides is 1. The second kappa shape index (κ2) is 6.13. The van der Waals surface area contributed by atoms with Crippen molar-refractivity contribution in [2.75, 3.05) is 20.1 Å². The van der Waals surface area contributed by atoms with E-state index in [0.717, 1.165) is 25.2 Å². The number of likely N-dealkylation sites (N-methyl/N-ethyl adjacent to an activating group) is 1. The third-order valence-electron chi connectivity index (χ3n) is 1.88. The number of H-pyrrole nitrogens is 1. The normalized spacial score (nSPS) is 10.3. The van der Waals surface area contributed by atoms with Gasteiger partial charge in [-0.3, -0.25) is 9.89 Å². The van der Waals surface area contributed by atoms with E-state index in [4.69, 9.17) is 0 Å². The van der Waals surface area contributed by atoms with Crippen molar-refractivity contribution in [3.05, 3.63) is 11.6 Å². The summed E-state index contributed by atoms with van der Waals surface area (Å²) in [5, 5.41) is 12.2. The molecular formula is C9H17N5O. The van der Waals surface area contributed by atoms with Crippen molar-refractivity contribution in [2.24, 2.45) is 0 Å². The van der Waals surface area contributed by atoms with E-state index in [9.17, 15) is 4.79 Å². The summed E-state index contributed by atoms with van der Waals surface area (Å²) in [6, 6.07) is 0. The number of aryl methyl sites for hydroxylation is 1. The number of nitrogens with one attached hydrogen (secondary N) is 3. The lowest BCUT2D eigenvalue weighted by molar-refractivity contribution is 0.0944. The van der Waals surface area contributed by atoms with Gasteiger partial charge in [0, 0.05) is 19.5 Å². The van der Waals surface area contributed by atoms with E-state index in [0.29, 0.717) is 6.54 Å². The summed E-state index contributed by atoms with van der Waals surface area (Å²) in [5.41, 5.74) is 0. The Balaban J connectivity index is 2.43. The van der Waals surface area contributed by atoms with E-state index in [1.54, 1.807) is 0 Å². The van der Waals surface area contributed by atoms with Gasteiger partial charge in [-0.1, -0.05) is 6.92 Å². The number of carbonyl (C=O) groups is 1. The Morgan fingerprint density at radius 1 is 1.47 bits per heavy atom. The summed E-state index contributed by atoms with van der Waals surface area (Å²) in [7, 11) is 1.83. The maximum Gasteiger partial charge on any atom is 0.291 e. The Kier molecular flexibility index (Phi) is 4.76. The number of nitrogens with zero attached hydrogens (tertiary/aromatic N) is 2. The summed E-state index contributed by atoms with van der Waals surface area (Å²) < 4.78 is 0. The summed E-state index contributed by atoms with van der Waals surface area (Å²) in [5.74, 6) is 0.745. The minimum Gasteiger partial charge on any atom is -0.348 e. The topological polar surface area (TPSA) is 82.7 Å². The molecule has 1 amide bonds. The molecule has 1 rings (SSSR count). The van der Waals surface area contributed by atoms with Gasteiger partial charge in [0.15, 0.2) is 0 Å². The zero-order valence-electron chi connectivity index (χ0n) is 9.13. The van der Waals surface area contributed by atoms with Crippen LogP contribution < -0.4 is 10.6 Å².